The van der Waals surface area contributed by atoms with Crippen molar-refractivity contribution < 1.29 is 38.4 Å². The van der Waals surface area contributed by atoms with Gasteiger partial charge in [-0.05, 0) is 47.0 Å². The fraction of sp³-hybridized carbons (Fsp3) is 0.550. The van der Waals surface area contributed by atoms with E-state index in [9.17, 15) is 19.5 Å². The second-order valence-corrected chi connectivity index (χ2v) is 6.55. The standard InChI is InChI=1S/C20H28O8/c1-6-12-20(17(23)25-7-2,18(24)26-8-3)13-10-9-11-14-15(21)27-19(4,5)28-16(14)22/h6,9-10,21H,1,7-8,11-13H2,2-5H3/p-1/b10-9+. The summed E-state index contributed by atoms with van der Waals surface area (Å²) in [5.74, 6) is -4.28. The molecule has 0 aliphatic carbocycles. The predicted octanol–water partition coefficient (Wildman–Crippen LogP) is 1.89. The van der Waals surface area contributed by atoms with Crippen molar-refractivity contribution in [1.82, 2.24) is 0 Å². The number of carbonyl (C=O) groups excluding carboxylic acids is 3. The zero-order valence-corrected chi connectivity index (χ0v) is 16.7. The second-order valence-electron chi connectivity index (χ2n) is 6.55. The Morgan fingerprint density at radius 1 is 1.11 bits per heavy atom. The maximum atomic E-state index is 12.5. The van der Waals surface area contributed by atoms with Gasteiger partial charge in [0.2, 0.25) is 0 Å². The molecule has 0 fully saturated rings. The zero-order chi connectivity index (χ0) is 21.4. The van der Waals surface area contributed by atoms with E-state index in [-0.39, 0.29) is 38.0 Å². The molecule has 1 heterocycles. The molecule has 8 nitrogen and oxygen atoms in total. The minimum Gasteiger partial charge on any atom is -0.575 e. The molecule has 0 bridgehead atoms. The average molecular weight is 395 g/mol. The lowest BCUT2D eigenvalue weighted by Crippen LogP contribution is -2.41. The highest BCUT2D eigenvalue weighted by atomic mass is 16.8. The topological polar surface area (TPSA) is 111 Å². The van der Waals surface area contributed by atoms with E-state index >= 15 is 0 Å². The molecule has 0 aromatic rings. The van der Waals surface area contributed by atoms with Gasteiger partial charge < -0.3 is 24.1 Å². The first-order chi connectivity index (χ1) is 13.1. The van der Waals surface area contributed by atoms with Gasteiger partial charge in [0, 0.05) is 0 Å². The van der Waals surface area contributed by atoms with Crippen LogP contribution in [-0.4, -0.2) is 36.9 Å². The summed E-state index contributed by atoms with van der Waals surface area (Å²) in [4.78, 5) is 36.9. The molecule has 156 valence electrons. The third-order valence-electron chi connectivity index (χ3n) is 3.95. The molecule has 0 aromatic heterocycles. The van der Waals surface area contributed by atoms with Crippen LogP contribution in [0, 0.1) is 5.41 Å². The predicted molar refractivity (Wildman–Crippen MR) is 97.2 cm³/mol. The van der Waals surface area contributed by atoms with Crippen molar-refractivity contribution in [2.45, 2.75) is 52.7 Å². The third kappa shape index (κ3) is 5.61. The highest BCUT2D eigenvalue weighted by Crippen LogP contribution is 2.32. The SMILES string of the molecule is C=CCC(C/C=C/CC1=C([O-])OC(C)(C)OC1=O)(C(=O)OCC)C(=O)OCC. The highest BCUT2D eigenvalue weighted by Gasteiger charge is 2.47. The molecule has 8 heteroatoms. The van der Waals surface area contributed by atoms with E-state index in [1.807, 2.05) is 0 Å². The van der Waals surface area contributed by atoms with Crippen LogP contribution in [0.15, 0.2) is 36.3 Å². The first kappa shape index (κ1) is 23.3. The molecule has 0 atom stereocenters. The molecule has 0 saturated carbocycles. The molecule has 0 saturated heterocycles. The number of hydrogen-bond donors (Lipinski definition) is 0. The summed E-state index contributed by atoms with van der Waals surface area (Å²) in [5, 5.41) is 11.9. The van der Waals surface area contributed by atoms with E-state index in [1.165, 1.54) is 32.1 Å². The van der Waals surface area contributed by atoms with Gasteiger partial charge in [0.15, 0.2) is 11.2 Å². The Morgan fingerprint density at radius 3 is 2.14 bits per heavy atom. The summed E-state index contributed by atoms with van der Waals surface area (Å²) >= 11 is 0. The van der Waals surface area contributed by atoms with Crippen molar-refractivity contribution in [3.8, 4) is 0 Å². The molecular formula is C20H27O8-. The fourth-order valence-corrected chi connectivity index (χ4v) is 2.61. The smallest absolute Gasteiger partial charge is 0.337 e. The van der Waals surface area contributed by atoms with E-state index in [0.29, 0.717) is 0 Å². The Morgan fingerprint density at radius 2 is 1.68 bits per heavy atom. The first-order valence-corrected chi connectivity index (χ1v) is 9.06. The molecule has 0 aromatic carbocycles. The average Bonchev–Trinajstić information content (AvgIpc) is 2.58. The van der Waals surface area contributed by atoms with Crippen LogP contribution in [0.2, 0.25) is 0 Å². The van der Waals surface area contributed by atoms with Gasteiger partial charge in [-0.2, -0.15) is 0 Å². The van der Waals surface area contributed by atoms with Crippen LogP contribution >= 0.6 is 0 Å². The fourth-order valence-electron chi connectivity index (χ4n) is 2.61. The normalized spacial score (nSPS) is 16.4. The number of ether oxygens (including phenoxy) is 4. The Hall–Kier alpha value is -2.77. The summed E-state index contributed by atoms with van der Waals surface area (Å²) in [6, 6.07) is 0. The number of esters is 3. The van der Waals surface area contributed by atoms with Crippen molar-refractivity contribution in [3.63, 3.8) is 0 Å². The maximum absolute atomic E-state index is 12.5. The van der Waals surface area contributed by atoms with Gasteiger partial charge in [-0.25, -0.2) is 4.79 Å². The number of allylic oxidation sites excluding steroid dienone is 3. The molecule has 1 rings (SSSR count). The Kier molecular flexibility index (Phi) is 8.28. The Balaban J connectivity index is 3.00. The highest BCUT2D eigenvalue weighted by molar-refractivity contribution is 6.00. The van der Waals surface area contributed by atoms with Gasteiger partial charge >= 0.3 is 17.9 Å². The number of cyclic esters (lactones) is 1. The third-order valence-corrected chi connectivity index (χ3v) is 3.95. The lowest BCUT2D eigenvalue weighted by molar-refractivity contribution is -0.394. The van der Waals surface area contributed by atoms with Gasteiger partial charge in [-0.3, -0.25) is 9.59 Å². The van der Waals surface area contributed by atoms with Crippen LogP contribution < -0.4 is 5.11 Å². The minimum absolute atomic E-state index is 0.0177. The molecule has 1 aliphatic rings. The van der Waals surface area contributed by atoms with Gasteiger partial charge in [0.05, 0.1) is 24.7 Å². The summed E-state index contributed by atoms with van der Waals surface area (Å²) in [6.45, 7) is 9.99. The van der Waals surface area contributed by atoms with E-state index in [1.54, 1.807) is 13.8 Å². The van der Waals surface area contributed by atoms with Crippen molar-refractivity contribution in [2.24, 2.45) is 5.41 Å². The maximum Gasteiger partial charge on any atom is 0.337 e. The summed E-state index contributed by atoms with van der Waals surface area (Å²) in [7, 11) is 0. The number of carbonyl (C=O) groups is 3. The molecular weight excluding hydrogens is 368 g/mol. The monoisotopic (exact) mass is 395 g/mol. The summed E-state index contributed by atoms with van der Waals surface area (Å²) < 4.78 is 20.2. The van der Waals surface area contributed by atoms with Crippen molar-refractivity contribution in [3.05, 3.63) is 36.3 Å². The second kappa shape index (κ2) is 9.96. The van der Waals surface area contributed by atoms with Crippen LogP contribution in [0.3, 0.4) is 0 Å². The van der Waals surface area contributed by atoms with Crippen molar-refractivity contribution >= 4 is 17.9 Å². The number of rotatable bonds is 10. The molecule has 1 aliphatic heterocycles. The van der Waals surface area contributed by atoms with Gasteiger partial charge in [0.1, 0.15) is 0 Å². The Labute approximate surface area is 164 Å². The first-order valence-electron chi connectivity index (χ1n) is 9.06. The lowest BCUT2D eigenvalue weighted by atomic mass is 9.80. The van der Waals surface area contributed by atoms with E-state index in [2.05, 4.69) is 6.58 Å². The largest absolute Gasteiger partial charge is 0.575 e. The molecule has 0 unspecified atom stereocenters. The molecule has 0 N–H and O–H groups in total. The van der Waals surface area contributed by atoms with Crippen LogP contribution in [0.5, 0.6) is 0 Å². The van der Waals surface area contributed by atoms with E-state index in [4.69, 9.17) is 18.9 Å². The Bertz CT molecular complexity index is 654. The number of hydrogen-bond acceptors (Lipinski definition) is 8. The van der Waals surface area contributed by atoms with Gasteiger partial charge in [0.25, 0.3) is 0 Å². The molecule has 0 radical (unpaired) electrons. The van der Waals surface area contributed by atoms with E-state index in [0.717, 1.165) is 0 Å². The van der Waals surface area contributed by atoms with Gasteiger partial charge in [-0.1, -0.05) is 18.2 Å². The summed E-state index contributed by atoms with van der Waals surface area (Å²) in [5.41, 5.74) is -1.75. The molecule has 28 heavy (non-hydrogen) atoms. The molecule has 0 amide bonds. The zero-order valence-electron chi connectivity index (χ0n) is 16.7. The lowest BCUT2D eigenvalue weighted by Gasteiger charge is -2.39. The quantitative estimate of drug-likeness (QED) is 0.239. The van der Waals surface area contributed by atoms with Crippen LogP contribution in [0.25, 0.3) is 0 Å². The van der Waals surface area contributed by atoms with Crippen LogP contribution in [-0.2, 0) is 33.3 Å². The van der Waals surface area contributed by atoms with Crippen molar-refractivity contribution in [2.75, 3.05) is 13.2 Å². The van der Waals surface area contributed by atoms with Crippen molar-refractivity contribution in [1.29, 1.82) is 0 Å². The van der Waals surface area contributed by atoms with Gasteiger partial charge in [-0.15, -0.1) is 6.58 Å². The minimum atomic E-state index is -1.58. The van der Waals surface area contributed by atoms with Crippen LogP contribution in [0.1, 0.15) is 47.0 Å². The summed E-state index contributed by atoms with van der Waals surface area (Å²) in [6.07, 6.45) is 4.36. The van der Waals surface area contributed by atoms with E-state index < -0.39 is 35.1 Å². The molecule has 0 spiro atoms. The van der Waals surface area contributed by atoms with Crippen LogP contribution in [0.4, 0.5) is 0 Å².